The zero-order valence-electron chi connectivity index (χ0n) is 7.70. The normalized spacial score (nSPS) is 18.1. The van der Waals surface area contributed by atoms with Crippen molar-refractivity contribution >= 4 is 5.71 Å². The number of nitrogens with zero attached hydrogens (tertiary/aromatic N) is 1. The van der Waals surface area contributed by atoms with Gasteiger partial charge in [-0.1, -0.05) is 0 Å². The van der Waals surface area contributed by atoms with Gasteiger partial charge in [0.15, 0.2) is 11.5 Å². The van der Waals surface area contributed by atoms with Gasteiger partial charge in [0, 0.05) is 5.56 Å². The molecule has 0 spiro atoms. The third-order valence-corrected chi connectivity index (χ3v) is 2.53. The van der Waals surface area contributed by atoms with Crippen LogP contribution in [0.4, 0.5) is 0 Å². The second-order valence-electron chi connectivity index (χ2n) is 3.43. The van der Waals surface area contributed by atoms with Gasteiger partial charge in [-0.3, -0.25) is 0 Å². The van der Waals surface area contributed by atoms with Gasteiger partial charge in [-0.25, -0.2) is 0 Å². The number of hydrazone groups is 1. The molecule has 0 amide bonds. The number of aryl methyl sites for hydroxylation is 1. The van der Waals surface area contributed by atoms with Crippen molar-refractivity contribution in [2.45, 2.75) is 19.3 Å². The summed E-state index contributed by atoms with van der Waals surface area (Å²) >= 11 is 0. The molecule has 0 saturated heterocycles. The number of rotatable bonds is 0. The predicted molar refractivity (Wildman–Crippen MR) is 53.4 cm³/mol. The van der Waals surface area contributed by atoms with E-state index in [1.165, 1.54) is 6.07 Å². The highest BCUT2D eigenvalue weighted by molar-refractivity contribution is 6.03. The molecule has 0 fully saturated rings. The van der Waals surface area contributed by atoms with Gasteiger partial charge in [0.1, 0.15) is 0 Å². The smallest absolute Gasteiger partial charge is 0.158 e. The van der Waals surface area contributed by atoms with Crippen LogP contribution in [0.15, 0.2) is 17.2 Å². The number of fused-ring (bicyclic) bond motifs is 1. The van der Waals surface area contributed by atoms with Crippen molar-refractivity contribution in [1.82, 2.24) is 0 Å². The van der Waals surface area contributed by atoms with Crippen molar-refractivity contribution in [3.05, 3.63) is 23.3 Å². The second kappa shape index (κ2) is 3.21. The van der Waals surface area contributed by atoms with Gasteiger partial charge in [-0.15, -0.1) is 0 Å². The predicted octanol–water partition coefficient (Wildman–Crippen LogP) is 1.10. The summed E-state index contributed by atoms with van der Waals surface area (Å²) in [5.41, 5.74) is 2.64. The highest BCUT2D eigenvalue weighted by Gasteiger charge is 2.17. The monoisotopic (exact) mass is 192 g/mol. The summed E-state index contributed by atoms with van der Waals surface area (Å²) in [6.45, 7) is 0. The van der Waals surface area contributed by atoms with Crippen molar-refractivity contribution in [2.24, 2.45) is 10.9 Å². The Kier molecular flexibility index (Phi) is 2.04. The third kappa shape index (κ3) is 1.28. The Hall–Kier alpha value is -1.71. The molecule has 0 unspecified atom stereocenters. The standard InChI is InChI=1S/C10H12N2O2/c11-12-8-3-1-2-6-4-9(13)10(14)5-7(6)8/h4-5,13-14H,1-3,11H2/b12-8-. The van der Waals surface area contributed by atoms with Gasteiger partial charge in [0.05, 0.1) is 5.71 Å². The Labute approximate surface area is 81.7 Å². The quantitative estimate of drug-likeness (QED) is 0.327. The van der Waals surface area contributed by atoms with E-state index in [2.05, 4.69) is 5.10 Å². The van der Waals surface area contributed by atoms with Gasteiger partial charge in [0.25, 0.3) is 0 Å². The lowest BCUT2D eigenvalue weighted by molar-refractivity contribution is 0.403. The summed E-state index contributed by atoms with van der Waals surface area (Å²) in [6.07, 6.45) is 2.70. The molecule has 1 aliphatic rings. The zero-order chi connectivity index (χ0) is 10.1. The fraction of sp³-hybridized carbons (Fsp3) is 0.300. The molecule has 4 heteroatoms. The van der Waals surface area contributed by atoms with E-state index in [9.17, 15) is 10.2 Å². The minimum absolute atomic E-state index is 0.0815. The molecule has 0 bridgehead atoms. The molecule has 0 atom stereocenters. The average molecular weight is 192 g/mol. The highest BCUT2D eigenvalue weighted by Crippen LogP contribution is 2.32. The number of phenols is 2. The van der Waals surface area contributed by atoms with Crippen LogP contribution in [0.2, 0.25) is 0 Å². The van der Waals surface area contributed by atoms with Crippen molar-refractivity contribution in [2.75, 3.05) is 0 Å². The van der Waals surface area contributed by atoms with Crippen molar-refractivity contribution in [3.8, 4) is 11.5 Å². The first-order valence-corrected chi connectivity index (χ1v) is 4.54. The minimum atomic E-state index is -0.119. The van der Waals surface area contributed by atoms with Gasteiger partial charge in [-0.2, -0.15) is 5.10 Å². The maximum Gasteiger partial charge on any atom is 0.158 e. The van der Waals surface area contributed by atoms with Gasteiger partial charge < -0.3 is 16.1 Å². The minimum Gasteiger partial charge on any atom is -0.504 e. The van der Waals surface area contributed by atoms with Crippen molar-refractivity contribution in [3.63, 3.8) is 0 Å². The Bertz CT molecular complexity index is 399. The van der Waals surface area contributed by atoms with Gasteiger partial charge in [-0.05, 0) is 37.0 Å². The van der Waals surface area contributed by atoms with E-state index >= 15 is 0 Å². The zero-order valence-corrected chi connectivity index (χ0v) is 7.70. The van der Waals surface area contributed by atoms with Crippen LogP contribution < -0.4 is 5.84 Å². The van der Waals surface area contributed by atoms with Crippen molar-refractivity contribution < 1.29 is 10.2 Å². The van der Waals surface area contributed by atoms with Gasteiger partial charge in [0.2, 0.25) is 0 Å². The molecule has 0 saturated carbocycles. The molecule has 4 nitrogen and oxygen atoms in total. The van der Waals surface area contributed by atoms with Crippen LogP contribution in [-0.2, 0) is 6.42 Å². The van der Waals surface area contributed by atoms with E-state index in [0.717, 1.165) is 36.1 Å². The molecule has 74 valence electrons. The van der Waals surface area contributed by atoms with Crippen LogP contribution in [0.25, 0.3) is 0 Å². The SMILES string of the molecule is N/N=C1/CCCc2cc(O)c(O)cc21. The van der Waals surface area contributed by atoms with E-state index < -0.39 is 0 Å². The number of hydrogen-bond donors (Lipinski definition) is 3. The molecule has 1 aliphatic carbocycles. The van der Waals surface area contributed by atoms with E-state index in [-0.39, 0.29) is 11.5 Å². The van der Waals surface area contributed by atoms with E-state index in [1.54, 1.807) is 6.07 Å². The average Bonchev–Trinajstić information content (AvgIpc) is 2.19. The van der Waals surface area contributed by atoms with E-state index in [1.807, 2.05) is 0 Å². The van der Waals surface area contributed by atoms with Crippen LogP contribution in [0.3, 0.4) is 0 Å². The topological polar surface area (TPSA) is 78.8 Å². The summed E-state index contributed by atoms with van der Waals surface area (Å²) in [6, 6.07) is 3.10. The molecular weight excluding hydrogens is 180 g/mol. The fourth-order valence-electron chi connectivity index (χ4n) is 1.81. The largest absolute Gasteiger partial charge is 0.504 e. The molecule has 2 rings (SSSR count). The van der Waals surface area contributed by atoms with Crippen LogP contribution in [0.1, 0.15) is 24.0 Å². The number of nitrogens with two attached hydrogens (primary N) is 1. The summed E-state index contributed by atoms with van der Waals surface area (Å²) < 4.78 is 0. The van der Waals surface area contributed by atoms with Crippen LogP contribution in [0.5, 0.6) is 11.5 Å². The third-order valence-electron chi connectivity index (χ3n) is 2.53. The molecule has 0 heterocycles. The maximum absolute atomic E-state index is 9.34. The number of hydrogen-bond acceptors (Lipinski definition) is 4. The summed E-state index contributed by atoms with van der Waals surface area (Å²) in [5, 5.41) is 22.3. The number of phenolic OH excluding ortho intramolecular Hbond substituents is 2. The molecule has 14 heavy (non-hydrogen) atoms. The summed E-state index contributed by atoms with van der Waals surface area (Å²) in [7, 11) is 0. The Morgan fingerprint density at radius 2 is 1.86 bits per heavy atom. The lowest BCUT2D eigenvalue weighted by atomic mass is 9.89. The van der Waals surface area contributed by atoms with Crippen molar-refractivity contribution in [1.29, 1.82) is 0 Å². The fourth-order valence-corrected chi connectivity index (χ4v) is 1.81. The first-order valence-electron chi connectivity index (χ1n) is 4.54. The first-order chi connectivity index (χ1) is 6.72. The van der Waals surface area contributed by atoms with E-state index in [4.69, 9.17) is 5.84 Å². The number of aromatic hydroxyl groups is 2. The Morgan fingerprint density at radius 3 is 2.57 bits per heavy atom. The molecule has 4 N–H and O–H groups in total. The van der Waals surface area contributed by atoms with Gasteiger partial charge >= 0.3 is 0 Å². The Morgan fingerprint density at radius 1 is 1.14 bits per heavy atom. The first kappa shape index (κ1) is 8.87. The molecular formula is C10H12N2O2. The maximum atomic E-state index is 9.34. The summed E-state index contributed by atoms with van der Waals surface area (Å²) in [4.78, 5) is 0. The Balaban J connectivity index is 2.58. The molecule has 0 aliphatic heterocycles. The molecule has 1 aromatic rings. The lowest BCUT2D eigenvalue weighted by Gasteiger charge is -2.17. The van der Waals surface area contributed by atoms with E-state index in [0.29, 0.717) is 0 Å². The second-order valence-corrected chi connectivity index (χ2v) is 3.43. The van der Waals surface area contributed by atoms with Crippen LogP contribution in [0, 0.1) is 0 Å². The lowest BCUT2D eigenvalue weighted by Crippen LogP contribution is -2.13. The highest BCUT2D eigenvalue weighted by atomic mass is 16.3. The molecule has 0 aromatic heterocycles. The summed E-state index contributed by atoms with van der Waals surface area (Å²) in [5.74, 6) is 5.05. The van der Waals surface area contributed by atoms with Crippen LogP contribution >= 0.6 is 0 Å². The number of benzene rings is 1. The molecule has 0 radical (unpaired) electrons. The van der Waals surface area contributed by atoms with Crippen LogP contribution in [-0.4, -0.2) is 15.9 Å². The molecule has 1 aromatic carbocycles.